The van der Waals surface area contributed by atoms with Crippen LogP contribution >= 0.6 is 0 Å². The second-order valence-electron chi connectivity index (χ2n) is 5.95. The topological polar surface area (TPSA) is 85.4 Å². The number of esters is 1. The van der Waals surface area contributed by atoms with Gasteiger partial charge in [-0.1, -0.05) is 0 Å². The third-order valence-electron chi connectivity index (χ3n) is 4.28. The van der Waals surface area contributed by atoms with Crippen molar-refractivity contribution >= 4 is 17.8 Å². The zero-order valence-electron chi connectivity index (χ0n) is 14.2. The summed E-state index contributed by atoms with van der Waals surface area (Å²) in [6.45, 7) is 5.02. The number of fused-ring (bicyclic) bond motifs is 1. The average molecular weight is 348 g/mol. The zero-order chi connectivity index (χ0) is 18.0. The van der Waals surface area contributed by atoms with E-state index in [1.54, 1.807) is 28.9 Å². The van der Waals surface area contributed by atoms with Crippen molar-refractivity contribution < 1.29 is 28.6 Å². The normalized spacial score (nSPS) is 17.2. The summed E-state index contributed by atoms with van der Waals surface area (Å²) in [6, 6.07) is 4.73. The molecule has 1 aromatic carbocycles. The molecule has 2 amide bonds. The van der Waals surface area contributed by atoms with Gasteiger partial charge in [-0.25, -0.2) is 4.79 Å². The van der Waals surface area contributed by atoms with Crippen molar-refractivity contribution in [2.45, 2.75) is 20.0 Å². The highest BCUT2D eigenvalue weighted by Crippen LogP contribution is 2.32. The van der Waals surface area contributed by atoms with Crippen LogP contribution in [-0.2, 0) is 14.3 Å². The van der Waals surface area contributed by atoms with Crippen LogP contribution in [-0.4, -0.2) is 66.7 Å². The van der Waals surface area contributed by atoms with Gasteiger partial charge in [0, 0.05) is 33.1 Å². The minimum Gasteiger partial charge on any atom is -0.454 e. The smallest absolute Gasteiger partial charge is 0.339 e. The van der Waals surface area contributed by atoms with Crippen molar-refractivity contribution in [1.29, 1.82) is 0 Å². The first kappa shape index (κ1) is 17.1. The number of piperazine rings is 1. The largest absolute Gasteiger partial charge is 0.454 e. The fourth-order valence-electron chi connectivity index (χ4n) is 2.80. The first-order valence-electron chi connectivity index (χ1n) is 8.10. The first-order valence-corrected chi connectivity index (χ1v) is 8.10. The van der Waals surface area contributed by atoms with Crippen molar-refractivity contribution in [3.8, 4) is 11.5 Å². The number of hydrogen-bond donors (Lipinski definition) is 0. The van der Waals surface area contributed by atoms with Crippen molar-refractivity contribution in [2.24, 2.45) is 0 Å². The Balaban J connectivity index is 1.56. The number of hydrogen-bond acceptors (Lipinski definition) is 6. The van der Waals surface area contributed by atoms with Crippen molar-refractivity contribution in [3.63, 3.8) is 0 Å². The third kappa shape index (κ3) is 3.67. The Hall–Kier alpha value is -2.77. The summed E-state index contributed by atoms with van der Waals surface area (Å²) in [5, 5.41) is 0. The number of carbonyl (C=O) groups excluding carboxylic acids is 3. The highest BCUT2D eigenvalue weighted by molar-refractivity contribution is 5.93. The zero-order valence-corrected chi connectivity index (χ0v) is 14.2. The SMILES string of the molecule is CC(=O)N1CCN(C(=O)[C@@H](C)OC(=O)c2ccc3c(c2)OCO3)CC1. The van der Waals surface area contributed by atoms with E-state index in [9.17, 15) is 14.4 Å². The van der Waals surface area contributed by atoms with Crippen LogP contribution in [0.25, 0.3) is 0 Å². The van der Waals surface area contributed by atoms with Gasteiger partial charge in [0.15, 0.2) is 17.6 Å². The quantitative estimate of drug-likeness (QED) is 0.746. The van der Waals surface area contributed by atoms with Gasteiger partial charge in [-0.15, -0.1) is 0 Å². The molecule has 3 rings (SSSR count). The van der Waals surface area contributed by atoms with Gasteiger partial charge in [0.2, 0.25) is 12.7 Å². The molecule has 2 heterocycles. The van der Waals surface area contributed by atoms with Crippen LogP contribution in [0, 0.1) is 0 Å². The predicted molar refractivity (Wildman–Crippen MR) is 86.3 cm³/mol. The molecule has 0 saturated carbocycles. The van der Waals surface area contributed by atoms with Gasteiger partial charge in [0.1, 0.15) is 0 Å². The number of benzene rings is 1. The molecule has 1 aromatic rings. The molecule has 0 aliphatic carbocycles. The van der Waals surface area contributed by atoms with E-state index in [0.717, 1.165) is 0 Å². The fraction of sp³-hybridized carbons (Fsp3) is 0.471. The molecule has 0 spiro atoms. The van der Waals surface area contributed by atoms with Crippen LogP contribution in [0.3, 0.4) is 0 Å². The summed E-state index contributed by atoms with van der Waals surface area (Å²) < 4.78 is 15.7. The maximum atomic E-state index is 12.4. The van der Waals surface area contributed by atoms with Gasteiger partial charge < -0.3 is 24.0 Å². The van der Waals surface area contributed by atoms with Gasteiger partial charge in [-0.2, -0.15) is 0 Å². The summed E-state index contributed by atoms with van der Waals surface area (Å²) in [5.41, 5.74) is 0.297. The van der Waals surface area contributed by atoms with E-state index in [0.29, 0.717) is 43.2 Å². The van der Waals surface area contributed by atoms with Gasteiger partial charge in [-0.3, -0.25) is 9.59 Å². The summed E-state index contributed by atoms with van der Waals surface area (Å²) in [5.74, 6) is 0.186. The number of ether oxygens (including phenoxy) is 3. The second kappa shape index (κ2) is 7.00. The molecule has 0 radical (unpaired) electrons. The standard InChI is InChI=1S/C17H20N2O6/c1-11(16(21)19-7-5-18(6-8-19)12(2)20)25-17(22)13-3-4-14-15(9-13)24-10-23-14/h3-4,9,11H,5-8,10H2,1-2H3/t11-/m1/s1. The van der Waals surface area contributed by atoms with E-state index in [-0.39, 0.29) is 18.6 Å². The lowest BCUT2D eigenvalue weighted by Crippen LogP contribution is -2.52. The number of nitrogens with zero attached hydrogens (tertiary/aromatic N) is 2. The lowest BCUT2D eigenvalue weighted by molar-refractivity contribution is -0.144. The van der Waals surface area contributed by atoms with Gasteiger partial charge in [0.25, 0.3) is 5.91 Å². The van der Waals surface area contributed by atoms with E-state index in [2.05, 4.69) is 0 Å². The van der Waals surface area contributed by atoms with E-state index >= 15 is 0 Å². The molecule has 0 bridgehead atoms. The minimum atomic E-state index is -0.901. The maximum absolute atomic E-state index is 12.4. The molecule has 1 atom stereocenters. The van der Waals surface area contributed by atoms with Crippen molar-refractivity contribution in [3.05, 3.63) is 23.8 Å². The lowest BCUT2D eigenvalue weighted by atomic mass is 10.2. The number of rotatable bonds is 3. The summed E-state index contributed by atoms with van der Waals surface area (Å²) >= 11 is 0. The highest BCUT2D eigenvalue weighted by Gasteiger charge is 2.28. The molecule has 134 valence electrons. The minimum absolute atomic E-state index is 0.00520. The summed E-state index contributed by atoms with van der Waals surface area (Å²) in [4.78, 5) is 39.3. The van der Waals surface area contributed by atoms with Crippen molar-refractivity contribution in [2.75, 3.05) is 33.0 Å². The Bertz CT molecular complexity index is 696. The molecule has 25 heavy (non-hydrogen) atoms. The van der Waals surface area contributed by atoms with Crippen LogP contribution in [0.2, 0.25) is 0 Å². The Kier molecular flexibility index (Phi) is 4.78. The fourth-order valence-corrected chi connectivity index (χ4v) is 2.80. The van der Waals surface area contributed by atoms with E-state index in [1.165, 1.54) is 13.0 Å². The molecule has 1 fully saturated rings. The van der Waals surface area contributed by atoms with Crippen LogP contribution in [0.15, 0.2) is 18.2 Å². The Labute approximate surface area is 145 Å². The van der Waals surface area contributed by atoms with Gasteiger partial charge in [-0.05, 0) is 25.1 Å². The average Bonchev–Trinajstić information content (AvgIpc) is 3.08. The van der Waals surface area contributed by atoms with Crippen LogP contribution < -0.4 is 9.47 Å². The molecule has 1 saturated heterocycles. The number of carbonyl (C=O) groups is 3. The second-order valence-corrected chi connectivity index (χ2v) is 5.95. The maximum Gasteiger partial charge on any atom is 0.339 e. The molecule has 8 heteroatoms. The Morgan fingerprint density at radius 2 is 1.68 bits per heavy atom. The van der Waals surface area contributed by atoms with E-state index in [4.69, 9.17) is 14.2 Å². The monoisotopic (exact) mass is 348 g/mol. The molecule has 2 aliphatic heterocycles. The third-order valence-corrected chi connectivity index (χ3v) is 4.28. The van der Waals surface area contributed by atoms with E-state index < -0.39 is 12.1 Å². The van der Waals surface area contributed by atoms with Crippen LogP contribution in [0.1, 0.15) is 24.2 Å². The molecule has 0 aromatic heterocycles. The summed E-state index contributed by atoms with van der Waals surface area (Å²) in [7, 11) is 0. The number of amides is 2. The predicted octanol–water partition coefficient (Wildman–Crippen LogP) is 0.651. The molecular formula is C17H20N2O6. The summed E-state index contributed by atoms with van der Waals surface area (Å²) in [6.07, 6.45) is -0.901. The molecule has 8 nitrogen and oxygen atoms in total. The molecule has 2 aliphatic rings. The molecule has 0 unspecified atom stereocenters. The Morgan fingerprint density at radius 3 is 2.36 bits per heavy atom. The highest BCUT2D eigenvalue weighted by atomic mass is 16.7. The van der Waals surface area contributed by atoms with E-state index in [1.807, 2.05) is 0 Å². The molecular weight excluding hydrogens is 328 g/mol. The Morgan fingerprint density at radius 1 is 1.04 bits per heavy atom. The van der Waals surface area contributed by atoms with Crippen LogP contribution in [0.5, 0.6) is 11.5 Å². The first-order chi connectivity index (χ1) is 12.0. The molecule has 0 N–H and O–H groups in total. The lowest BCUT2D eigenvalue weighted by Gasteiger charge is -2.35. The van der Waals surface area contributed by atoms with Crippen LogP contribution in [0.4, 0.5) is 0 Å². The van der Waals surface area contributed by atoms with Gasteiger partial charge >= 0.3 is 5.97 Å². The van der Waals surface area contributed by atoms with Gasteiger partial charge in [0.05, 0.1) is 5.56 Å². The van der Waals surface area contributed by atoms with Crippen molar-refractivity contribution in [1.82, 2.24) is 9.80 Å².